The predicted molar refractivity (Wildman–Crippen MR) is 60.0 cm³/mol. The summed E-state index contributed by atoms with van der Waals surface area (Å²) >= 11 is 0. The van der Waals surface area contributed by atoms with Gasteiger partial charge in [0, 0.05) is 6.92 Å². The maximum absolute atomic E-state index is 11.6. The van der Waals surface area contributed by atoms with Crippen molar-refractivity contribution in [2.75, 3.05) is 6.61 Å². The third kappa shape index (κ3) is 2.64. The number of esters is 2. The molecule has 0 saturated carbocycles. The molecule has 1 aliphatic rings. The first-order valence-electron chi connectivity index (χ1n) is 5.57. The zero-order valence-corrected chi connectivity index (χ0v) is 9.59. The smallest absolute Gasteiger partial charge is 0.313 e. The number of benzene rings is 1. The Hall–Kier alpha value is -1.84. The van der Waals surface area contributed by atoms with Crippen molar-refractivity contribution in [3.63, 3.8) is 0 Å². The van der Waals surface area contributed by atoms with E-state index in [9.17, 15) is 9.59 Å². The van der Waals surface area contributed by atoms with Gasteiger partial charge < -0.3 is 9.47 Å². The Morgan fingerprint density at radius 2 is 2.12 bits per heavy atom. The Labute approximate surface area is 99.5 Å². The third-order valence-electron chi connectivity index (χ3n) is 2.76. The minimum atomic E-state index is -0.538. The quantitative estimate of drug-likeness (QED) is 0.749. The zero-order valence-electron chi connectivity index (χ0n) is 9.59. The van der Waals surface area contributed by atoms with Crippen LogP contribution < -0.4 is 0 Å². The van der Waals surface area contributed by atoms with E-state index in [0.717, 1.165) is 5.56 Å². The molecule has 1 aliphatic heterocycles. The van der Waals surface area contributed by atoms with Crippen molar-refractivity contribution < 1.29 is 19.1 Å². The molecular formula is C13H14O4. The van der Waals surface area contributed by atoms with Crippen molar-refractivity contribution in [3.05, 3.63) is 35.9 Å². The van der Waals surface area contributed by atoms with Crippen molar-refractivity contribution in [3.8, 4) is 0 Å². The monoisotopic (exact) mass is 234 g/mol. The molecule has 0 amide bonds. The molecule has 0 unspecified atom stereocenters. The van der Waals surface area contributed by atoms with Crippen molar-refractivity contribution >= 4 is 11.9 Å². The van der Waals surface area contributed by atoms with E-state index in [1.165, 1.54) is 6.92 Å². The first-order valence-corrected chi connectivity index (χ1v) is 5.57. The van der Waals surface area contributed by atoms with Crippen LogP contribution >= 0.6 is 0 Å². The van der Waals surface area contributed by atoms with E-state index in [4.69, 9.17) is 9.47 Å². The first-order chi connectivity index (χ1) is 8.18. The van der Waals surface area contributed by atoms with Gasteiger partial charge in [0.15, 0.2) is 0 Å². The van der Waals surface area contributed by atoms with E-state index in [1.807, 2.05) is 30.3 Å². The van der Waals surface area contributed by atoms with Gasteiger partial charge in [0.2, 0.25) is 0 Å². The van der Waals surface area contributed by atoms with Crippen molar-refractivity contribution in [1.29, 1.82) is 0 Å². The third-order valence-corrected chi connectivity index (χ3v) is 2.76. The highest BCUT2D eigenvalue weighted by molar-refractivity contribution is 5.76. The van der Waals surface area contributed by atoms with E-state index in [1.54, 1.807) is 0 Å². The van der Waals surface area contributed by atoms with Gasteiger partial charge in [0.1, 0.15) is 12.0 Å². The normalized spacial score (nSPS) is 20.8. The minimum absolute atomic E-state index is 0.292. The van der Waals surface area contributed by atoms with E-state index in [2.05, 4.69) is 0 Å². The van der Waals surface area contributed by atoms with Crippen LogP contribution in [0.3, 0.4) is 0 Å². The van der Waals surface area contributed by atoms with Gasteiger partial charge in [-0.15, -0.1) is 0 Å². The first kappa shape index (κ1) is 11.6. The van der Waals surface area contributed by atoms with Crippen LogP contribution in [-0.4, -0.2) is 18.5 Å². The molecule has 0 aliphatic carbocycles. The summed E-state index contributed by atoms with van der Waals surface area (Å²) in [5.41, 5.74) is 0.826. The molecule has 2 rings (SSSR count). The SMILES string of the molecule is CC(=O)O[C@H](c1ccccc1)[C@@H]1CCOC1=O. The Morgan fingerprint density at radius 3 is 2.65 bits per heavy atom. The molecule has 90 valence electrons. The highest BCUT2D eigenvalue weighted by atomic mass is 16.6. The second kappa shape index (κ2) is 4.99. The molecule has 1 aromatic rings. The Morgan fingerprint density at radius 1 is 1.41 bits per heavy atom. The van der Waals surface area contributed by atoms with E-state index in [-0.39, 0.29) is 11.9 Å². The second-order valence-electron chi connectivity index (χ2n) is 4.00. The fourth-order valence-corrected chi connectivity index (χ4v) is 1.99. The Bertz CT molecular complexity index is 413. The molecule has 0 N–H and O–H groups in total. The summed E-state index contributed by atoms with van der Waals surface area (Å²) < 4.78 is 10.2. The molecule has 1 saturated heterocycles. The van der Waals surface area contributed by atoms with Crippen LogP contribution in [0.15, 0.2) is 30.3 Å². The maximum atomic E-state index is 11.6. The number of rotatable bonds is 3. The largest absolute Gasteiger partial charge is 0.465 e. The van der Waals surface area contributed by atoms with Crippen molar-refractivity contribution in [1.82, 2.24) is 0 Å². The molecule has 4 nitrogen and oxygen atoms in total. The number of ether oxygens (including phenoxy) is 2. The summed E-state index contributed by atoms with van der Waals surface area (Å²) in [6, 6.07) is 9.28. The molecule has 0 spiro atoms. The molecule has 0 radical (unpaired) electrons. The number of carbonyl (C=O) groups is 2. The average Bonchev–Trinajstić information content (AvgIpc) is 2.73. The van der Waals surface area contributed by atoms with Crippen molar-refractivity contribution in [2.24, 2.45) is 5.92 Å². The molecule has 17 heavy (non-hydrogen) atoms. The highest BCUT2D eigenvalue weighted by Gasteiger charge is 2.37. The van der Waals surface area contributed by atoms with E-state index < -0.39 is 12.1 Å². The lowest BCUT2D eigenvalue weighted by atomic mass is 9.94. The lowest BCUT2D eigenvalue weighted by Crippen LogP contribution is -2.22. The molecule has 2 atom stereocenters. The van der Waals surface area contributed by atoms with Crippen LogP contribution in [0.4, 0.5) is 0 Å². The van der Waals surface area contributed by atoms with Crippen LogP contribution in [0.2, 0.25) is 0 Å². The summed E-state index contributed by atoms with van der Waals surface area (Å²) in [6.45, 7) is 1.74. The topological polar surface area (TPSA) is 52.6 Å². The summed E-state index contributed by atoms with van der Waals surface area (Å²) in [5, 5.41) is 0. The fraction of sp³-hybridized carbons (Fsp3) is 0.385. The van der Waals surface area contributed by atoms with Gasteiger partial charge in [0.25, 0.3) is 0 Å². The summed E-state index contributed by atoms with van der Waals surface area (Å²) in [6.07, 6.45) is 0.0507. The van der Waals surface area contributed by atoms with Gasteiger partial charge in [-0.25, -0.2) is 0 Å². The van der Waals surface area contributed by atoms with Crippen molar-refractivity contribution in [2.45, 2.75) is 19.4 Å². The van der Waals surface area contributed by atoms with E-state index >= 15 is 0 Å². The molecule has 0 aromatic heterocycles. The highest BCUT2D eigenvalue weighted by Crippen LogP contribution is 2.32. The molecule has 1 fully saturated rings. The predicted octanol–water partition coefficient (Wildman–Crippen LogP) is 1.85. The zero-order chi connectivity index (χ0) is 12.3. The molecule has 4 heteroatoms. The number of hydrogen-bond acceptors (Lipinski definition) is 4. The van der Waals surface area contributed by atoms with Gasteiger partial charge >= 0.3 is 11.9 Å². The minimum Gasteiger partial charge on any atom is -0.465 e. The lowest BCUT2D eigenvalue weighted by molar-refractivity contribution is -0.155. The number of carbonyl (C=O) groups excluding carboxylic acids is 2. The van der Waals surface area contributed by atoms with Gasteiger partial charge in [-0.1, -0.05) is 30.3 Å². The standard InChI is InChI=1S/C13H14O4/c1-9(14)17-12(10-5-3-2-4-6-10)11-7-8-16-13(11)15/h2-6,11-12H,7-8H2,1H3/t11-,12+/m0/s1. The maximum Gasteiger partial charge on any atom is 0.313 e. The van der Waals surface area contributed by atoms with Crippen LogP contribution in [0.25, 0.3) is 0 Å². The van der Waals surface area contributed by atoms with Gasteiger partial charge in [-0.2, -0.15) is 0 Å². The van der Waals surface area contributed by atoms with Gasteiger partial charge in [0.05, 0.1) is 6.61 Å². The molecule has 1 aromatic carbocycles. The second-order valence-corrected chi connectivity index (χ2v) is 4.00. The van der Waals surface area contributed by atoms with Gasteiger partial charge in [-0.3, -0.25) is 9.59 Å². The summed E-state index contributed by atoms with van der Waals surface area (Å²) in [7, 11) is 0. The van der Waals surface area contributed by atoms with Gasteiger partial charge in [-0.05, 0) is 12.0 Å². The lowest BCUT2D eigenvalue weighted by Gasteiger charge is -2.20. The van der Waals surface area contributed by atoms with E-state index in [0.29, 0.717) is 13.0 Å². The fourth-order valence-electron chi connectivity index (χ4n) is 1.99. The number of cyclic esters (lactones) is 1. The molecular weight excluding hydrogens is 220 g/mol. The van der Waals surface area contributed by atoms with Crippen LogP contribution in [-0.2, 0) is 19.1 Å². The van der Waals surface area contributed by atoms with Crippen LogP contribution in [0, 0.1) is 5.92 Å². The Kier molecular flexibility index (Phi) is 3.42. The molecule has 1 heterocycles. The van der Waals surface area contributed by atoms with Crippen LogP contribution in [0.1, 0.15) is 25.0 Å². The number of hydrogen-bond donors (Lipinski definition) is 0. The van der Waals surface area contributed by atoms with Crippen LogP contribution in [0.5, 0.6) is 0 Å². The summed E-state index contributed by atoms with van der Waals surface area (Å²) in [5.74, 6) is -1.07. The average molecular weight is 234 g/mol. The summed E-state index contributed by atoms with van der Waals surface area (Å²) in [4.78, 5) is 22.7. The molecule has 0 bridgehead atoms. The Balaban J connectivity index is 2.25.